The molecule has 0 spiro atoms. The number of ether oxygens (including phenoxy) is 1. The number of benzene rings is 1. The molecule has 0 aliphatic rings. The zero-order valence-corrected chi connectivity index (χ0v) is 13.7. The van der Waals surface area contributed by atoms with Crippen LogP contribution in [0.15, 0.2) is 53.2 Å². The van der Waals surface area contributed by atoms with Crippen molar-refractivity contribution in [3.8, 4) is 0 Å². The van der Waals surface area contributed by atoms with E-state index in [-0.39, 0.29) is 5.91 Å². The molecule has 1 N–H and O–H groups in total. The number of carbonyl (C=O) groups is 1. The molecule has 1 aromatic carbocycles. The third-order valence-corrected chi connectivity index (χ3v) is 4.48. The van der Waals surface area contributed by atoms with E-state index >= 15 is 0 Å². The summed E-state index contributed by atoms with van der Waals surface area (Å²) in [5.74, 6) is -0.114. The van der Waals surface area contributed by atoms with Crippen LogP contribution in [0.3, 0.4) is 0 Å². The molecule has 1 atom stereocenters. The van der Waals surface area contributed by atoms with Gasteiger partial charge in [0.2, 0.25) is 5.91 Å². The number of hydrogen-bond acceptors (Lipinski definition) is 3. The second kappa shape index (κ2) is 7.92. The molecule has 3 nitrogen and oxygen atoms in total. The summed E-state index contributed by atoms with van der Waals surface area (Å²) in [6, 6.07) is 12.0. The highest BCUT2D eigenvalue weighted by Crippen LogP contribution is 2.27. The number of carbonyl (C=O) groups excluding carboxylic acids is 1. The highest BCUT2D eigenvalue weighted by Gasteiger charge is 2.30. The van der Waals surface area contributed by atoms with Crippen molar-refractivity contribution in [3.63, 3.8) is 0 Å². The van der Waals surface area contributed by atoms with Gasteiger partial charge >= 0.3 is 0 Å². The normalized spacial score (nSPS) is 13.9. The first-order valence-corrected chi connectivity index (χ1v) is 8.23. The van der Waals surface area contributed by atoms with E-state index in [0.717, 1.165) is 17.5 Å². The number of nitrogens with one attached hydrogen (secondary N) is 1. The van der Waals surface area contributed by atoms with Crippen LogP contribution < -0.4 is 5.32 Å². The molecule has 0 aliphatic heterocycles. The Morgan fingerprint density at radius 3 is 2.68 bits per heavy atom. The van der Waals surface area contributed by atoms with E-state index in [0.29, 0.717) is 6.54 Å². The van der Waals surface area contributed by atoms with E-state index in [1.54, 1.807) is 24.5 Å². The van der Waals surface area contributed by atoms with Crippen molar-refractivity contribution in [2.45, 2.75) is 18.9 Å². The van der Waals surface area contributed by atoms with E-state index in [1.807, 2.05) is 53.2 Å². The number of amides is 1. The second-order valence-corrected chi connectivity index (χ2v) is 5.81. The van der Waals surface area contributed by atoms with Gasteiger partial charge in [0.05, 0.1) is 6.54 Å². The standard InChI is InChI=1S/C18H21NO2S/c1-3-18(21-2,16-7-5-4-6-8-16)14-19-17(20)10-9-15-11-12-22-13-15/h4-13H,3,14H2,1-2H3,(H,19,20)/b10-9+. The number of methoxy groups -OCH3 is 1. The van der Waals surface area contributed by atoms with Gasteiger partial charge in [-0.25, -0.2) is 0 Å². The fraction of sp³-hybridized carbons (Fsp3) is 0.278. The van der Waals surface area contributed by atoms with Crippen molar-refractivity contribution in [2.75, 3.05) is 13.7 Å². The lowest BCUT2D eigenvalue weighted by molar-refractivity contribution is -0.118. The highest BCUT2D eigenvalue weighted by molar-refractivity contribution is 7.08. The van der Waals surface area contributed by atoms with Crippen LogP contribution in [0.25, 0.3) is 6.08 Å². The summed E-state index contributed by atoms with van der Waals surface area (Å²) < 4.78 is 5.74. The lowest BCUT2D eigenvalue weighted by Crippen LogP contribution is -2.41. The predicted molar refractivity (Wildman–Crippen MR) is 91.8 cm³/mol. The molecule has 1 aromatic heterocycles. The molecule has 1 heterocycles. The van der Waals surface area contributed by atoms with Crippen LogP contribution >= 0.6 is 11.3 Å². The lowest BCUT2D eigenvalue weighted by atomic mass is 9.90. The summed E-state index contributed by atoms with van der Waals surface area (Å²) >= 11 is 1.61. The average molecular weight is 315 g/mol. The van der Waals surface area contributed by atoms with Gasteiger partial charge in [-0.15, -0.1) is 0 Å². The molecule has 4 heteroatoms. The number of thiophene rings is 1. The molecule has 1 unspecified atom stereocenters. The maximum Gasteiger partial charge on any atom is 0.244 e. The van der Waals surface area contributed by atoms with Gasteiger partial charge in [-0.1, -0.05) is 37.3 Å². The highest BCUT2D eigenvalue weighted by atomic mass is 32.1. The van der Waals surface area contributed by atoms with Gasteiger partial charge < -0.3 is 10.1 Å². The SMILES string of the molecule is CCC(CNC(=O)/C=C/c1ccsc1)(OC)c1ccccc1. The van der Waals surface area contributed by atoms with E-state index < -0.39 is 5.60 Å². The summed E-state index contributed by atoms with van der Waals surface area (Å²) in [4.78, 5) is 12.0. The van der Waals surface area contributed by atoms with Gasteiger partial charge in [0.15, 0.2) is 0 Å². The van der Waals surface area contributed by atoms with Crippen molar-refractivity contribution in [2.24, 2.45) is 0 Å². The van der Waals surface area contributed by atoms with E-state index in [9.17, 15) is 4.79 Å². The number of hydrogen-bond donors (Lipinski definition) is 1. The van der Waals surface area contributed by atoms with Crippen LogP contribution in [0.1, 0.15) is 24.5 Å². The molecule has 116 valence electrons. The second-order valence-electron chi connectivity index (χ2n) is 5.03. The Morgan fingerprint density at radius 1 is 1.32 bits per heavy atom. The Hall–Kier alpha value is -1.91. The van der Waals surface area contributed by atoms with Crippen LogP contribution in [-0.2, 0) is 15.1 Å². The largest absolute Gasteiger partial charge is 0.372 e. The monoisotopic (exact) mass is 315 g/mol. The van der Waals surface area contributed by atoms with Crippen molar-refractivity contribution in [3.05, 3.63) is 64.4 Å². The minimum Gasteiger partial charge on any atom is -0.372 e. The molecule has 0 saturated heterocycles. The van der Waals surface area contributed by atoms with Crippen molar-refractivity contribution < 1.29 is 9.53 Å². The smallest absolute Gasteiger partial charge is 0.244 e. The third-order valence-electron chi connectivity index (χ3n) is 3.78. The molecule has 0 fully saturated rings. The van der Waals surface area contributed by atoms with E-state index in [1.165, 1.54) is 0 Å². The summed E-state index contributed by atoms with van der Waals surface area (Å²) in [5.41, 5.74) is 1.62. The molecule has 22 heavy (non-hydrogen) atoms. The quantitative estimate of drug-likeness (QED) is 0.789. The fourth-order valence-electron chi connectivity index (χ4n) is 2.34. The number of rotatable bonds is 7. The van der Waals surface area contributed by atoms with Gasteiger partial charge in [-0.2, -0.15) is 11.3 Å². The average Bonchev–Trinajstić information content (AvgIpc) is 3.09. The minimum absolute atomic E-state index is 0.114. The zero-order chi connectivity index (χ0) is 15.8. The molecule has 2 rings (SSSR count). The molecular weight excluding hydrogens is 294 g/mol. The van der Waals surface area contributed by atoms with Gasteiger partial charge in [0, 0.05) is 13.2 Å². The first-order valence-electron chi connectivity index (χ1n) is 7.29. The molecule has 1 amide bonds. The third kappa shape index (κ3) is 4.06. The van der Waals surface area contributed by atoms with E-state index in [2.05, 4.69) is 12.2 Å². The molecule has 0 aliphatic carbocycles. The van der Waals surface area contributed by atoms with Crippen LogP contribution in [0.2, 0.25) is 0 Å². The van der Waals surface area contributed by atoms with Crippen molar-refractivity contribution in [1.82, 2.24) is 5.32 Å². The van der Waals surface area contributed by atoms with Gasteiger partial charge in [-0.05, 0) is 40.5 Å². The maximum absolute atomic E-state index is 12.0. The van der Waals surface area contributed by atoms with Gasteiger partial charge in [0.1, 0.15) is 5.60 Å². The van der Waals surface area contributed by atoms with E-state index in [4.69, 9.17) is 4.74 Å². The molecule has 0 saturated carbocycles. The Kier molecular flexibility index (Phi) is 5.92. The lowest BCUT2D eigenvalue weighted by Gasteiger charge is -2.32. The molecular formula is C18H21NO2S. The maximum atomic E-state index is 12.0. The zero-order valence-electron chi connectivity index (χ0n) is 12.9. The molecule has 0 bridgehead atoms. The Morgan fingerprint density at radius 2 is 2.09 bits per heavy atom. The van der Waals surface area contributed by atoms with Crippen LogP contribution in [0.4, 0.5) is 0 Å². The van der Waals surface area contributed by atoms with Gasteiger partial charge in [-0.3, -0.25) is 4.79 Å². The minimum atomic E-state index is -0.493. The Balaban J connectivity index is 2.01. The fourth-order valence-corrected chi connectivity index (χ4v) is 2.97. The first kappa shape index (κ1) is 16.5. The molecule has 0 radical (unpaired) electrons. The summed E-state index contributed by atoms with van der Waals surface area (Å²) in [6.45, 7) is 2.50. The molecule has 2 aromatic rings. The summed E-state index contributed by atoms with van der Waals surface area (Å²) in [5, 5.41) is 6.92. The first-order chi connectivity index (χ1) is 10.7. The summed E-state index contributed by atoms with van der Waals surface area (Å²) in [7, 11) is 1.68. The van der Waals surface area contributed by atoms with Gasteiger partial charge in [0.25, 0.3) is 0 Å². The predicted octanol–water partition coefficient (Wildman–Crippen LogP) is 3.83. The Labute approximate surface area is 135 Å². The van der Waals surface area contributed by atoms with Crippen LogP contribution in [-0.4, -0.2) is 19.6 Å². The topological polar surface area (TPSA) is 38.3 Å². The summed E-state index contributed by atoms with van der Waals surface area (Å²) in [6.07, 6.45) is 4.15. The van der Waals surface area contributed by atoms with Crippen molar-refractivity contribution >= 4 is 23.3 Å². The Bertz CT molecular complexity index is 601. The van der Waals surface area contributed by atoms with Crippen LogP contribution in [0, 0.1) is 0 Å². The van der Waals surface area contributed by atoms with Crippen LogP contribution in [0.5, 0.6) is 0 Å². The van der Waals surface area contributed by atoms with Crippen molar-refractivity contribution in [1.29, 1.82) is 0 Å².